The van der Waals surface area contributed by atoms with Crippen LogP contribution in [-0.4, -0.2) is 26.1 Å². The van der Waals surface area contributed by atoms with Crippen molar-refractivity contribution in [2.45, 2.75) is 63.8 Å². The van der Waals surface area contributed by atoms with E-state index in [9.17, 15) is 0 Å². The molecule has 0 saturated heterocycles. The predicted octanol–water partition coefficient (Wildman–Crippen LogP) is 6.68. The molecular formula is C21H33PSi. The Morgan fingerprint density at radius 3 is 2.48 bits per heavy atom. The minimum absolute atomic E-state index is 0.147. The summed E-state index contributed by atoms with van der Waals surface area (Å²) in [5, 5.41) is 1.80. The van der Waals surface area contributed by atoms with Gasteiger partial charge in [0.05, 0.1) is 8.07 Å². The molecule has 0 N–H and O–H groups in total. The van der Waals surface area contributed by atoms with Crippen molar-refractivity contribution in [1.82, 2.24) is 0 Å². The van der Waals surface area contributed by atoms with Crippen molar-refractivity contribution in [2.24, 2.45) is 5.92 Å². The Morgan fingerprint density at radius 1 is 1.04 bits per heavy atom. The molecule has 23 heavy (non-hydrogen) atoms. The van der Waals surface area contributed by atoms with E-state index < -0.39 is 8.07 Å². The van der Waals surface area contributed by atoms with E-state index in [1.807, 2.05) is 0 Å². The molecule has 3 aliphatic carbocycles. The Hall–Kier alpha value is -0.393. The van der Waals surface area contributed by atoms with Gasteiger partial charge in [-0.2, -0.15) is 0 Å². The first-order valence-electron chi connectivity index (χ1n) is 9.51. The average molecular weight is 345 g/mol. The first-order valence-corrected chi connectivity index (χ1v) is 14.8. The van der Waals surface area contributed by atoms with Crippen LogP contribution in [0.25, 0.3) is 0 Å². The second-order valence-electron chi connectivity index (χ2n) is 8.54. The molecule has 0 aromatic heterocycles. The average Bonchev–Trinajstić information content (AvgIpc) is 3.18. The molecule has 0 spiro atoms. The molecule has 0 heterocycles. The Bertz CT molecular complexity index is 527. The summed E-state index contributed by atoms with van der Waals surface area (Å²) in [5.41, 5.74) is 2.75. The van der Waals surface area contributed by atoms with Gasteiger partial charge in [-0.3, -0.25) is 0 Å². The normalized spacial score (nSPS) is 26.5. The maximum absolute atomic E-state index is 2.52. The van der Waals surface area contributed by atoms with Crippen LogP contribution in [0, 0.1) is 5.92 Å². The van der Waals surface area contributed by atoms with E-state index in [0.717, 1.165) is 11.6 Å². The van der Waals surface area contributed by atoms with Crippen LogP contribution < -0.4 is 0 Å². The van der Waals surface area contributed by atoms with Crippen LogP contribution in [0.2, 0.25) is 19.6 Å². The van der Waals surface area contributed by atoms with E-state index in [4.69, 9.17) is 0 Å². The maximum Gasteiger partial charge on any atom is 0.0732 e. The summed E-state index contributed by atoms with van der Waals surface area (Å²) in [7, 11) is -1.02. The van der Waals surface area contributed by atoms with E-state index in [1.54, 1.807) is 10.8 Å². The van der Waals surface area contributed by atoms with Gasteiger partial charge >= 0.3 is 0 Å². The second-order valence-corrected chi connectivity index (χ2v) is 16.2. The molecule has 1 saturated carbocycles. The lowest BCUT2D eigenvalue weighted by Crippen LogP contribution is -2.29. The maximum atomic E-state index is 2.52. The number of rotatable bonds is 6. The summed E-state index contributed by atoms with van der Waals surface area (Å²) in [6.45, 7) is 7.56. The van der Waals surface area contributed by atoms with Gasteiger partial charge in [-0.25, -0.2) is 0 Å². The van der Waals surface area contributed by atoms with Gasteiger partial charge < -0.3 is 0 Å². The van der Waals surface area contributed by atoms with Gasteiger partial charge in [0.15, 0.2) is 0 Å². The van der Waals surface area contributed by atoms with Gasteiger partial charge in [-0.1, -0.05) is 94.1 Å². The molecule has 0 aliphatic heterocycles. The summed E-state index contributed by atoms with van der Waals surface area (Å²) in [6, 6.07) is 0. The second kappa shape index (κ2) is 7.66. The summed E-state index contributed by atoms with van der Waals surface area (Å²) >= 11 is 0. The van der Waals surface area contributed by atoms with Crippen LogP contribution in [-0.2, 0) is 0 Å². The molecule has 0 amide bonds. The summed E-state index contributed by atoms with van der Waals surface area (Å²) in [6.07, 6.45) is 25.9. The third-order valence-electron chi connectivity index (χ3n) is 5.66. The smallest absolute Gasteiger partial charge is 0.0732 e. The summed E-state index contributed by atoms with van der Waals surface area (Å²) in [5.74, 6) is 0.768. The van der Waals surface area contributed by atoms with Crippen LogP contribution in [0.1, 0.15) is 38.5 Å². The minimum Gasteiger partial charge on any atom is -0.0985 e. The Balaban J connectivity index is 1.70. The van der Waals surface area contributed by atoms with Crippen LogP contribution in [0.5, 0.6) is 0 Å². The largest absolute Gasteiger partial charge is 0.0985 e. The lowest BCUT2D eigenvalue weighted by atomic mass is 10.0. The SMILES string of the molecule is C[Si](C)(C)C1=CC=CC1CP(CC1=CC=CC1)C1CCCCC1. The van der Waals surface area contributed by atoms with Crippen molar-refractivity contribution in [3.05, 3.63) is 47.2 Å². The molecular weight excluding hydrogens is 311 g/mol. The van der Waals surface area contributed by atoms with Crippen molar-refractivity contribution in [3.8, 4) is 0 Å². The first kappa shape index (κ1) is 17.4. The van der Waals surface area contributed by atoms with Crippen molar-refractivity contribution >= 4 is 16.0 Å². The highest BCUT2D eigenvalue weighted by Crippen LogP contribution is 2.52. The zero-order chi connectivity index (χ0) is 16.3. The molecule has 2 unspecified atom stereocenters. The van der Waals surface area contributed by atoms with E-state index in [0.29, 0.717) is 0 Å². The van der Waals surface area contributed by atoms with Crippen LogP contribution in [0.3, 0.4) is 0 Å². The van der Waals surface area contributed by atoms with E-state index >= 15 is 0 Å². The van der Waals surface area contributed by atoms with Gasteiger partial charge in [0.2, 0.25) is 0 Å². The highest BCUT2D eigenvalue weighted by molar-refractivity contribution is 7.58. The fraction of sp³-hybridized carbons (Fsp3) is 0.619. The quantitative estimate of drug-likeness (QED) is 0.372. The van der Waals surface area contributed by atoms with Gasteiger partial charge in [-0.15, -0.1) is 0 Å². The molecule has 1 fully saturated rings. The highest BCUT2D eigenvalue weighted by atomic mass is 31.1. The van der Waals surface area contributed by atoms with E-state index in [-0.39, 0.29) is 7.92 Å². The van der Waals surface area contributed by atoms with Gasteiger partial charge in [0.25, 0.3) is 0 Å². The first-order chi connectivity index (χ1) is 11.0. The lowest BCUT2D eigenvalue weighted by Gasteiger charge is -2.35. The molecule has 0 radical (unpaired) electrons. The van der Waals surface area contributed by atoms with Gasteiger partial charge in [0, 0.05) is 0 Å². The monoisotopic (exact) mass is 344 g/mol. The molecule has 0 aromatic carbocycles. The van der Waals surface area contributed by atoms with Gasteiger partial charge in [0.1, 0.15) is 0 Å². The molecule has 2 heteroatoms. The fourth-order valence-electron chi connectivity index (χ4n) is 4.40. The molecule has 126 valence electrons. The highest BCUT2D eigenvalue weighted by Gasteiger charge is 2.32. The Labute approximate surface area is 145 Å². The van der Waals surface area contributed by atoms with Crippen molar-refractivity contribution in [1.29, 1.82) is 0 Å². The van der Waals surface area contributed by atoms with Crippen molar-refractivity contribution < 1.29 is 0 Å². The van der Waals surface area contributed by atoms with Crippen LogP contribution in [0.15, 0.2) is 47.2 Å². The topological polar surface area (TPSA) is 0 Å². The van der Waals surface area contributed by atoms with Crippen molar-refractivity contribution in [2.75, 3.05) is 12.3 Å². The Kier molecular flexibility index (Phi) is 5.81. The predicted molar refractivity (Wildman–Crippen MR) is 109 cm³/mol. The van der Waals surface area contributed by atoms with E-state index in [1.165, 1.54) is 50.8 Å². The number of hydrogen-bond acceptors (Lipinski definition) is 0. The fourth-order valence-corrected chi connectivity index (χ4v) is 9.84. The van der Waals surface area contributed by atoms with Crippen LogP contribution >= 0.6 is 7.92 Å². The molecule has 2 atom stereocenters. The summed E-state index contributed by atoms with van der Waals surface area (Å²) < 4.78 is 0. The van der Waals surface area contributed by atoms with Crippen molar-refractivity contribution in [3.63, 3.8) is 0 Å². The van der Waals surface area contributed by atoms with Gasteiger partial charge in [-0.05, 0) is 43.2 Å². The zero-order valence-electron chi connectivity index (χ0n) is 15.2. The third-order valence-corrected chi connectivity index (χ3v) is 11.2. The Morgan fingerprint density at radius 2 is 1.83 bits per heavy atom. The molecule has 0 nitrogen and oxygen atoms in total. The molecule has 0 bridgehead atoms. The molecule has 3 aliphatic rings. The molecule has 3 rings (SSSR count). The summed E-state index contributed by atoms with van der Waals surface area (Å²) in [4.78, 5) is 0. The van der Waals surface area contributed by atoms with Crippen LogP contribution in [0.4, 0.5) is 0 Å². The number of allylic oxidation sites excluding steroid dienone is 8. The third kappa shape index (κ3) is 4.58. The minimum atomic E-state index is -1.17. The standard InChI is InChI=1S/C21H33PSi/c1-23(2,3)21-15-9-12-19(21)17-22(16-18-10-7-8-11-18)20-13-5-4-6-14-20/h7-10,12,15,19-20H,4-6,11,13-14,16-17H2,1-3H3. The zero-order valence-corrected chi connectivity index (χ0v) is 17.1. The number of hydrogen-bond donors (Lipinski definition) is 0. The lowest BCUT2D eigenvalue weighted by molar-refractivity contribution is 0.510. The van der Waals surface area contributed by atoms with E-state index in [2.05, 4.69) is 56.1 Å². The molecule has 0 aromatic rings.